The molecule has 2 unspecified atom stereocenters. The molecular formula is C53H56F2N7O12PS. The molecule has 4 aliphatic rings. The number of unbranched alkanes of at least 4 members (excludes halogenated alkanes) is 1. The monoisotopic (exact) mass is 1080 g/mol. The number of likely N-dealkylation sites (tertiary alicyclic amines) is 1. The first-order chi connectivity index (χ1) is 35.9. The highest BCUT2D eigenvalue weighted by Gasteiger charge is 2.51. The molecule has 0 bridgehead atoms. The molecule has 9 amide bonds. The van der Waals surface area contributed by atoms with E-state index in [-0.39, 0.29) is 66.3 Å². The van der Waals surface area contributed by atoms with E-state index < -0.39 is 102 Å². The van der Waals surface area contributed by atoms with E-state index in [0.29, 0.717) is 42.6 Å². The van der Waals surface area contributed by atoms with E-state index in [4.69, 9.17) is 0 Å². The molecule has 23 heteroatoms. The first-order valence-electron chi connectivity index (χ1n) is 24.7. The number of piperazine rings is 1. The molecule has 3 saturated heterocycles. The molecule has 3 aromatic carbocycles. The summed E-state index contributed by atoms with van der Waals surface area (Å²) in [6.45, 7) is 5.68. The maximum Gasteiger partial charge on any atom is 0.399 e. The first-order valence-corrected chi connectivity index (χ1v) is 27.2. The fourth-order valence-corrected chi connectivity index (χ4v) is 11.2. The molecule has 400 valence electrons. The SMILES string of the molecule is CC(C)(C)[C@H](NC(=O)c1cc2cc(C(F)(F)P(=O)(O)O)ccc2s1)C(=O)N1CCN(C(=O)CC(=O)NCCCC#Cc2ccc3c(c2)C(=O)N(C2CCC(=O)NC2=O)C3=O)C[C@H]1C(=O)N1CCCC(c2ccccc2)C1. The van der Waals surface area contributed by atoms with Crippen LogP contribution in [0.25, 0.3) is 10.1 Å². The number of alkyl halides is 2. The predicted octanol–water partition coefficient (Wildman–Crippen LogP) is 4.46. The number of nitrogens with zero attached hydrogens (tertiary/aromatic N) is 4. The molecule has 1 aromatic heterocycles. The maximum atomic E-state index is 14.9. The van der Waals surface area contributed by atoms with E-state index >= 15 is 0 Å². The molecule has 19 nitrogen and oxygen atoms in total. The molecule has 0 radical (unpaired) electrons. The smallest absolute Gasteiger partial charge is 0.356 e. The van der Waals surface area contributed by atoms with E-state index in [1.54, 1.807) is 31.7 Å². The number of benzene rings is 3. The number of amides is 9. The minimum absolute atomic E-state index is 0.00308. The Balaban J connectivity index is 0.908. The molecule has 3 fully saturated rings. The molecule has 76 heavy (non-hydrogen) atoms. The van der Waals surface area contributed by atoms with Gasteiger partial charge in [0.2, 0.25) is 35.4 Å². The van der Waals surface area contributed by atoms with Crippen LogP contribution in [-0.2, 0) is 39.0 Å². The van der Waals surface area contributed by atoms with Crippen LogP contribution in [0.5, 0.6) is 0 Å². The quantitative estimate of drug-likeness (QED) is 0.0409. The van der Waals surface area contributed by atoms with Crippen LogP contribution in [0.1, 0.15) is 119 Å². The van der Waals surface area contributed by atoms with Gasteiger partial charge in [0.05, 0.1) is 22.5 Å². The van der Waals surface area contributed by atoms with Crippen molar-refractivity contribution in [1.82, 2.24) is 35.6 Å². The summed E-state index contributed by atoms with van der Waals surface area (Å²) in [6.07, 6.45) is 1.68. The van der Waals surface area contributed by atoms with Crippen molar-refractivity contribution in [2.24, 2.45) is 5.41 Å². The van der Waals surface area contributed by atoms with Gasteiger partial charge in [-0.1, -0.05) is 69.0 Å². The number of rotatable bonds is 13. The number of imide groups is 2. The number of carbonyl (C=O) groups is 9. The second-order valence-electron chi connectivity index (χ2n) is 20.3. The number of hydrogen-bond acceptors (Lipinski definition) is 11. The number of halogens is 2. The van der Waals surface area contributed by atoms with E-state index in [1.165, 1.54) is 34.1 Å². The molecule has 5 heterocycles. The van der Waals surface area contributed by atoms with Crippen molar-refractivity contribution < 1.29 is 66.3 Å². The summed E-state index contributed by atoms with van der Waals surface area (Å²) in [6, 6.07) is 15.0. The van der Waals surface area contributed by atoms with Crippen LogP contribution in [-0.4, -0.2) is 140 Å². The van der Waals surface area contributed by atoms with E-state index in [9.17, 15) is 66.3 Å². The molecule has 0 aliphatic carbocycles. The van der Waals surface area contributed by atoms with Gasteiger partial charge in [-0.2, -0.15) is 8.78 Å². The summed E-state index contributed by atoms with van der Waals surface area (Å²) in [5.41, 5.74) is -4.65. The van der Waals surface area contributed by atoms with E-state index in [0.717, 1.165) is 40.4 Å². The van der Waals surface area contributed by atoms with Gasteiger partial charge in [-0.05, 0) is 78.4 Å². The lowest BCUT2D eigenvalue weighted by molar-refractivity contribution is -0.155. The molecule has 8 rings (SSSR count). The summed E-state index contributed by atoms with van der Waals surface area (Å²) in [5.74, 6) is 0.551. The fourth-order valence-electron chi connectivity index (χ4n) is 9.83. The van der Waals surface area contributed by atoms with Gasteiger partial charge < -0.3 is 35.1 Å². The third-order valence-electron chi connectivity index (χ3n) is 13.9. The predicted molar refractivity (Wildman–Crippen MR) is 272 cm³/mol. The number of fused-ring (bicyclic) bond motifs is 2. The second-order valence-corrected chi connectivity index (χ2v) is 23.0. The third-order valence-corrected chi connectivity index (χ3v) is 16.0. The number of hydrogen-bond donors (Lipinski definition) is 5. The zero-order chi connectivity index (χ0) is 54.9. The van der Waals surface area contributed by atoms with E-state index in [2.05, 4.69) is 27.8 Å². The Kier molecular flexibility index (Phi) is 16.1. The topological polar surface area (TPSA) is 260 Å². The van der Waals surface area contributed by atoms with E-state index in [1.807, 2.05) is 30.3 Å². The first kappa shape index (κ1) is 55.1. The summed E-state index contributed by atoms with van der Waals surface area (Å²) in [5, 5.41) is 7.79. The van der Waals surface area contributed by atoms with Gasteiger partial charge in [-0.3, -0.25) is 57.9 Å². The average molecular weight is 1080 g/mol. The third kappa shape index (κ3) is 11.8. The van der Waals surface area contributed by atoms with Crippen molar-refractivity contribution in [2.75, 3.05) is 39.3 Å². The molecule has 4 aromatic rings. The summed E-state index contributed by atoms with van der Waals surface area (Å²) < 4.78 is 41.1. The Bertz CT molecular complexity index is 3150. The zero-order valence-corrected chi connectivity index (χ0v) is 43.5. The average Bonchev–Trinajstić information content (AvgIpc) is 3.94. The van der Waals surface area contributed by atoms with Crippen molar-refractivity contribution >= 4 is 82.2 Å². The van der Waals surface area contributed by atoms with Gasteiger partial charge in [0.25, 0.3) is 17.7 Å². The molecule has 5 N–H and O–H groups in total. The summed E-state index contributed by atoms with van der Waals surface area (Å²) in [4.78, 5) is 145. The number of nitrogens with one attached hydrogen (secondary N) is 3. The summed E-state index contributed by atoms with van der Waals surface area (Å²) in [7, 11) is -5.87. The lowest BCUT2D eigenvalue weighted by atomic mass is 9.85. The minimum atomic E-state index is -5.87. The van der Waals surface area contributed by atoms with Gasteiger partial charge in [0.15, 0.2) is 0 Å². The lowest BCUT2D eigenvalue weighted by Gasteiger charge is -2.45. The Hall–Kier alpha value is -7.18. The Morgan fingerprint density at radius 3 is 2.33 bits per heavy atom. The Morgan fingerprint density at radius 2 is 1.62 bits per heavy atom. The van der Waals surface area contributed by atoms with Crippen LogP contribution >= 0.6 is 18.9 Å². The minimum Gasteiger partial charge on any atom is -0.356 e. The zero-order valence-electron chi connectivity index (χ0n) is 41.8. The largest absolute Gasteiger partial charge is 0.399 e. The fraction of sp³-hybridized carbons (Fsp3) is 0.415. The lowest BCUT2D eigenvalue weighted by Crippen LogP contribution is -2.66. The number of piperidine rings is 2. The van der Waals surface area contributed by atoms with Crippen molar-refractivity contribution in [3.8, 4) is 11.8 Å². The van der Waals surface area contributed by atoms with Crippen molar-refractivity contribution in [3.63, 3.8) is 0 Å². The van der Waals surface area contributed by atoms with Crippen LogP contribution in [0, 0.1) is 17.3 Å². The van der Waals surface area contributed by atoms with Crippen LogP contribution in [0.2, 0.25) is 0 Å². The number of carbonyl (C=O) groups excluding carboxylic acids is 9. The molecule has 4 aliphatic heterocycles. The van der Waals surface area contributed by atoms with Gasteiger partial charge in [-0.25, -0.2) is 0 Å². The molecule has 0 saturated carbocycles. The van der Waals surface area contributed by atoms with Gasteiger partial charge in [-0.15, -0.1) is 11.3 Å². The van der Waals surface area contributed by atoms with Crippen LogP contribution in [0.4, 0.5) is 8.78 Å². The highest BCUT2D eigenvalue weighted by Crippen LogP contribution is 2.59. The van der Waals surface area contributed by atoms with Gasteiger partial charge in [0, 0.05) is 67.3 Å². The second kappa shape index (κ2) is 22.2. The number of thiophene rings is 1. The van der Waals surface area contributed by atoms with Crippen molar-refractivity contribution in [1.29, 1.82) is 0 Å². The van der Waals surface area contributed by atoms with Gasteiger partial charge in [0.1, 0.15) is 24.5 Å². The molecule has 4 atom stereocenters. The van der Waals surface area contributed by atoms with Crippen molar-refractivity contribution in [3.05, 3.63) is 105 Å². The van der Waals surface area contributed by atoms with Gasteiger partial charge >= 0.3 is 13.3 Å². The van der Waals surface area contributed by atoms with Crippen LogP contribution in [0.3, 0.4) is 0 Å². The van der Waals surface area contributed by atoms with Crippen molar-refractivity contribution in [2.45, 2.75) is 95.4 Å². The molecular weight excluding hydrogens is 1030 g/mol. The standard InChI is InChI=1S/C53H56F2N7O12PS/c1-52(2,3)45(58-47(67)41-27-34-26-35(16-19-40(34)76-41)53(54,55)75(72,73)74)51(71)61-24-23-59(30-39(61)50(70)60-22-10-14-33(29-60)32-12-7-4-8-13-32)44(65)28-43(64)56-21-9-5-6-11-31-15-17-36-37(25-31)49(69)62(48(36)68)38-18-20-42(63)57-46(38)66/h4,7-8,12-13,15-17,19,25-27,33,38-39,45H,5,9-10,14,18,20-24,28-30H2,1-3H3,(H,56,64)(H,58,67)(H,57,63,66)(H2,72,73,74)/t33?,38?,39-,45+/m0/s1. The Labute approximate surface area is 439 Å². The molecule has 0 spiro atoms. The normalized spacial score (nSPS) is 19.6. The van der Waals surface area contributed by atoms with Crippen LogP contribution < -0.4 is 16.0 Å². The summed E-state index contributed by atoms with van der Waals surface area (Å²) >= 11 is 0.923. The Morgan fingerprint density at radius 1 is 0.882 bits per heavy atom. The highest BCUT2D eigenvalue weighted by molar-refractivity contribution is 7.52. The maximum absolute atomic E-state index is 14.9. The van der Waals surface area contributed by atoms with Crippen LogP contribution in [0.15, 0.2) is 72.8 Å². The highest BCUT2D eigenvalue weighted by atomic mass is 32.1.